The molecule has 1 N–H and O–H groups in total. The monoisotopic (exact) mass is 204 g/mol. The minimum atomic E-state index is -0.942. The van der Waals surface area contributed by atoms with Crippen molar-refractivity contribution < 1.29 is 9.90 Å². The third kappa shape index (κ3) is 4.41. The molecule has 76 valence electrons. The summed E-state index contributed by atoms with van der Waals surface area (Å²) in [5.41, 5.74) is 0.220. The van der Waals surface area contributed by atoms with Crippen LogP contribution in [0.2, 0.25) is 0 Å². The van der Waals surface area contributed by atoms with Crippen molar-refractivity contribution in [2.75, 3.05) is 0 Å². The van der Waals surface area contributed by atoms with Crippen LogP contribution in [0.1, 0.15) is 10.4 Å². The number of pyridine rings is 1. The second-order valence-electron chi connectivity index (χ2n) is 2.36. The van der Waals surface area contributed by atoms with Gasteiger partial charge in [-0.1, -0.05) is 0 Å². The number of hydrogen-bond acceptors (Lipinski definition) is 5. The molecule has 0 saturated heterocycles. The van der Waals surface area contributed by atoms with Gasteiger partial charge < -0.3 is 5.11 Å². The second kappa shape index (κ2) is 6.14. The molecule has 2 rings (SSSR count). The van der Waals surface area contributed by atoms with Crippen LogP contribution in [0.15, 0.2) is 43.0 Å². The zero-order valence-corrected chi connectivity index (χ0v) is 7.69. The van der Waals surface area contributed by atoms with E-state index in [0.29, 0.717) is 0 Å². The van der Waals surface area contributed by atoms with E-state index >= 15 is 0 Å². The van der Waals surface area contributed by atoms with Gasteiger partial charge in [0, 0.05) is 12.4 Å². The van der Waals surface area contributed by atoms with Gasteiger partial charge in [0.2, 0.25) is 0 Å². The zero-order valence-electron chi connectivity index (χ0n) is 7.69. The summed E-state index contributed by atoms with van der Waals surface area (Å²) < 4.78 is 0. The Morgan fingerprint density at radius 2 is 1.87 bits per heavy atom. The van der Waals surface area contributed by atoms with Crippen molar-refractivity contribution >= 4 is 5.97 Å². The average molecular weight is 204 g/mol. The lowest BCUT2D eigenvalue weighted by Crippen LogP contribution is -1.94. The normalized spacial score (nSPS) is 8.53. The maximum absolute atomic E-state index is 10.2. The first-order chi connectivity index (χ1) is 7.30. The van der Waals surface area contributed by atoms with E-state index < -0.39 is 5.97 Å². The predicted octanol–water partition coefficient (Wildman–Crippen LogP) is 0.651. The molecule has 0 amide bonds. The van der Waals surface area contributed by atoms with Crippen molar-refractivity contribution in [1.29, 1.82) is 0 Å². The van der Waals surface area contributed by atoms with Crippen molar-refractivity contribution in [1.82, 2.24) is 20.4 Å². The Morgan fingerprint density at radius 3 is 2.13 bits per heavy atom. The number of rotatable bonds is 1. The van der Waals surface area contributed by atoms with Crippen molar-refractivity contribution in [2.24, 2.45) is 0 Å². The Morgan fingerprint density at radius 1 is 1.13 bits per heavy atom. The summed E-state index contributed by atoms with van der Waals surface area (Å²) in [6.45, 7) is 0. The van der Waals surface area contributed by atoms with E-state index in [-0.39, 0.29) is 5.56 Å². The van der Waals surface area contributed by atoms with Gasteiger partial charge >= 0.3 is 5.97 Å². The summed E-state index contributed by atoms with van der Waals surface area (Å²) in [6, 6.07) is 4.80. The smallest absolute Gasteiger partial charge is 0.337 e. The van der Waals surface area contributed by atoms with Crippen LogP contribution < -0.4 is 0 Å². The lowest BCUT2D eigenvalue weighted by atomic mass is 10.3. The van der Waals surface area contributed by atoms with Crippen molar-refractivity contribution in [3.63, 3.8) is 0 Å². The van der Waals surface area contributed by atoms with E-state index in [1.165, 1.54) is 18.5 Å². The number of aromatic carboxylic acids is 1. The van der Waals surface area contributed by atoms with Gasteiger partial charge in [0.25, 0.3) is 0 Å². The molecule has 0 aliphatic heterocycles. The first-order valence-corrected chi connectivity index (χ1v) is 4.02. The quantitative estimate of drug-likeness (QED) is 0.733. The number of carbonyl (C=O) groups is 1. The molecule has 0 fully saturated rings. The van der Waals surface area contributed by atoms with Gasteiger partial charge in [0.05, 0.1) is 18.0 Å². The highest BCUT2D eigenvalue weighted by Gasteiger charge is 1.97. The molecule has 0 radical (unpaired) electrons. The van der Waals surface area contributed by atoms with Gasteiger partial charge in [-0.05, 0) is 23.4 Å². The minimum Gasteiger partial charge on any atom is -0.478 e. The van der Waals surface area contributed by atoms with Crippen molar-refractivity contribution in [2.45, 2.75) is 0 Å². The van der Waals surface area contributed by atoms with E-state index in [1.807, 2.05) is 0 Å². The number of aromatic nitrogens is 4. The molecule has 0 unspecified atom stereocenters. The Balaban J connectivity index is 0.000000162. The first-order valence-electron chi connectivity index (χ1n) is 4.02. The molecule has 0 spiro atoms. The van der Waals surface area contributed by atoms with E-state index in [4.69, 9.17) is 5.11 Å². The van der Waals surface area contributed by atoms with Gasteiger partial charge in [0.15, 0.2) is 0 Å². The molecule has 2 aromatic rings. The van der Waals surface area contributed by atoms with E-state index in [0.717, 1.165) is 0 Å². The number of nitrogens with zero attached hydrogens (tertiary/aromatic N) is 4. The molecule has 15 heavy (non-hydrogen) atoms. The lowest BCUT2D eigenvalue weighted by Gasteiger charge is -1.87. The van der Waals surface area contributed by atoms with Gasteiger partial charge in [-0.2, -0.15) is 0 Å². The molecule has 0 aromatic carbocycles. The molecule has 0 aliphatic rings. The topological polar surface area (TPSA) is 88.9 Å². The Hall–Kier alpha value is -2.37. The van der Waals surface area contributed by atoms with Crippen LogP contribution in [0.4, 0.5) is 0 Å². The van der Waals surface area contributed by atoms with Gasteiger partial charge in [-0.25, -0.2) is 4.79 Å². The molecule has 6 heteroatoms. The summed E-state index contributed by atoms with van der Waals surface area (Å²) >= 11 is 0. The molecule has 2 heterocycles. The zero-order chi connectivity index (χ0) is 10.9. The number of carboxylic acids is 1. The lowest BCUT2D eigenvalue weighted by molar-refractivity contribution is 0.0696. The minimum absolute atomic E-state index is 0.220. The summed E-state index contributed by atoms with van der Waals surface area (Å²) in [6.07, 6.45) is 5.99. The Kier molecular flexibility index (Phi) is 4.38. The van der Waals surface area contributed by atoms with E-state index in [1.54, 1.807) is 24.5 Å². The molecule has 0 aliphatic carbocycles. The first kappa shape index (κ1) is 10.7. The summed E-state index contributed by atoms with van der Waals surface area (Å²) in [4.78, 5) is 13.8. The van der Waals surface area contributed by atoms with Crippen molar-refractivity contribution in [3.8, 4) is 0 Å². The number of carboxylic acid groups (broad SMARTS) is 1. The summed E-state index contributed by atoms with van der Waals surface area (Å²) in [5, 5.41) is 18.5. The molecule has 0 atom stereocenters. The third-order valence-electron chi connectivity index (χ3n) is 1.32. The molecule has 6 nitrogen and oxygen atoms in total. The van der Waals surface area contributed by atoms with Crippen LogP contribution in [0.3, 0.4) is 0 Å². The van der Waals surface area contributed by atoms with Gasteiger partial charge in [0.1, 0.15) is 0 Å². The number of hydrogen-bond donors (Lipinski definition) is 1. The maximum atomic E-state index is 10.2. The van der Waals surface area contributed by atoms with E-state index in [2.05, 4.69) is 20.4 Å². The largest absolute Gasteiger partial charge is 0.478 e. The fourth-order valence-electron chi connectivity index (χ4n) is 0.694. The molecular formula is C9H8N4O2. The maximum Gasteiger partial charge on any atom is 0.337 e. The summed E-state index contributed by atoms with van der Waals surface area (Å²) in [7, 11) is 0. The van der Waals surface area contributed by atoms with Gasteiger partial charge in [-0.15, -0.1) is 10.2 Å². The van der Waals surface area contributed by atoms with Crippen LogP contribution in [0, 0.1) is 0 Å². The fraction of sp³-hybridized carbons (Fsp3) is 0. The summed E-state index contributed by atoms with van der Waals surface area (Å²) in [5.74, 6) is -0.942. The van der Waals surface area contributed by atoms with Crippen LogP contribution in [0.25, 0.3) is 0 Å². The predicted molar refractivity (Wildman–Crippen MR) is 51.0 cm³/mol. The third-order valence-corrected chi connectivity index (χ3v) is 1.32. The molecule has 2 aromatic heterocycles. The highest BCUT2D eigenvalue weighted by Crippen LogP contribution is 1.92. The molecule has 0 saturated carbocycles. The van der Waals surface area contributed by atoms with Crippen LogP contribution in [-0.4, -0.2) is 31.5 Å². The molecular weight excluding hydrogens is 196 g/mol. The molecule has 0 bridgehead atoms. The fourth-order valence-corrected chi connectivity index (χ4v) is 0.694. The Bertz CT molecular complexity index is 367. The highest BCUT2D eigenvalue weighted by molar-refractivity contribution is 5.86. The van der Waals surface area contributed by atoms with E-state index in [9.17, 15) is 4.79 Å². The Labute approximate surface area is 85.6 Å². The van der Waals surface area contributed by atoms with Crippen LogP contribution in [0.5, 0.6) is 0 Å². The SMILES string of the molecule is O=C(O)c1cccnc1.c1cnnnc1. The van der Waals surface area contributed by atoms with Crippen LogP contribution in [-0.2, 0) is 0 Å². The second-order valence-corrected chi connectivity index (χ2v) is 2.36. The van der Waals surface area contributed by atoms with Gasteiger partial charge in [-0.3, -0.25) is 4.98 Å². The highest BCUT2D eigenvalue weighted by atomic mass is 16.4. The van der Waals surface area contributed by atoms with Crippen LogP contribution >= 0.6 is 0 Å². The van der Waals surface area contributed by atoms with Crippen molar-refractivity contribution in [3.05, 3.63) is 48.5 Å². The average Bonchev–Trinajstić information content (AvgIpc) is 2.33. The standard InChI is InChI=1S/C6H5NO2.C3H3N3/c8-6(9)5-2-1-3-7-4-5;1-2-4-6-5-3-1/h1-4H,(H,8,9);1-3H.